The molecule has 0 saturated carbocycles. The fourth-order valence-electron chi connectivity index (χ4n) is 3.57. The lowest BCUT2D eigenvalue weighted by Crippen LogP contribution is -2.46. The second-order valence-electron chi connectivity index (χ2n) is 7.47. The summed E-state index contributed by atoms with van der Waals surface area (Å²) in [6, 6.07) is 12.0. The molecule has 1 aromatic carbocycles. The van der Waals surface area contributed by atoms with Crippen molar-refractivity contribution in [3.63, 3.8) is 0 Å². The Kier molecular flexibility index (Phi) is 6.13. The van der Waals surface area contributed by atoms with E-state index in [0.717, 1.165) is 61.4 Å². The Hall–Kier alpha value is -3.13. The van der Waals surface area contributed by atoms with Crippen molar-refractivity contribution in [1.29, 1.82) is 0 Å². The molecule has 0 bridgehead atoms. The molecule has 30 heavy (non-hydrogen) atoms. The number of nitrogens with zero attached hydrogens (tertiary/aromatic N) is 6. The van der Waals surface area contributed by atoms with Gasteiger partial charge in [0.1, 0.15) is 18.2 Å². The third-order valence-corrected chi connectivity index (χ3v) is 5.50. The molecule has 0 atom stereocenters. The number of hydrogen-bond acceptors (Lipinski definition) is 7. The molecule has 158 valence electrons. The number of benzene rings is 1. The monoisotopic (exact) mass is 408 g/mol. The predicted octanol–water partition coefficient (Wildman–Crippen LogP) is 2.43. The third kappa shape index (κ3) is 4.54. The lowest BCUT2D eigenvalue weighted by molar-refractivity contribution is 0.236. The number of ether oxygens (including phenoxy) is 2. The number of anilines is 1. The first kappa shape index (κ1) is 20.2. The number of methoxy groups -OCH3 is 1. The summed E-state index contributed by atoms with van der Waals surface area (Å²) in [5.41, 5.74) is 2.19. The summed E-state index contributed by atoms with van der Waals surface area (Å²) in [4.78, 5) is 9.18. The Balaban J connectivity index is 1.34. The first-order valence-electron chi connectivity index (χ1n) is 10.2. The van der Waals surface area contributed by atoms with Crippen molar-refractivity contribution in [2.45, 2.75) is 20.1 Å². The summed E-state index contributed by atoms with van der Waals surface area (Å²) >= 11 is 0. The maximum Gasteiger partial charge on any atom is 0.227 e. The van der Waals surface area contributed by atoms with E-state index in [2.05, 4.69) is 31.0 Å². The normalized spacial score (nSPS) is 14.7. The second kappa shape index (κ2) is 9.13. The number of pyridine rings is 1. The van der Waals surface area contributed by atoms with Crippen molar-refractivity contribution in [2.24, 2.45) is 7.05 Å². The van der Waals surface area contributed by atoms with E-state index >= 15 is 0 Å². The minimum atomic E-state index is 0.479. The molecular weight excluding hydrogens is 380 g/mol. The standard InChI is InChI=1S/C22H28N6O2/c1-17-24-25-22(26(17)2)28-13-11-27(12-14-28)15-19-5-4-10-23-21(19)30-16-18-6-8-20(29-3)9-7-18/h4-10H,11-16H2,1-3H3. The summed E-state index contributed by atoms with van der Waals surface area (Å²) in [6.07, 6.45) is 1.78. The molecule has 8 nitrogen and oxygen atoms in total. The van der Waals surface area contributed by atoms with Gasteiger partial charge in [0.2, 0.25) is 11.8 Å². The smallest absolute Gasteiger partial charge is 0.227 e. The molecule has 0 amide bonds. The van der Waals surface area contributed by atoms with Crippen molar-refractivity contribution in [1.82, 2.24) is 24.6 Å². The molecule has 3 aromatic rings. The third-order valence-electron chi connectivity index (χ3n) is 5.50. The molecule has 1 aliphatic rings. The lowest BCUT2D eigenvalue weighted by atomic mass is 10.2. The van der Waals surface area contributed by atoms with E-state index in [1.807, 2.05) is 48.9 Å². The highest BCUT2D eigenvalue weighted by molar-refractivity contribution is 5.32. The van der Waals surface area contributed by atoms with Crippen LogP contribution in [0.1, 0.15) is 17.0 Å². The topological polar surface area (TPSA) is 68.5 Å². The molecule has 4 rings (SSSR count). The van der Waals surface area contributed by atoms with Crippen LogP contribution in [0.3, 0.4) is 0 Å². The summed E-state index contributed by atoms with van der Waals surface area (Å²) in [6.45, 7) is 7.04. The van der Waals surface area contributed by atoms with E-state index in [9.17, 15) is 0 Å². The van der Waals surface area contributed by atoms with Crippen LogP contribution < -0.4 is 14.4 Å². The lowest BCUT2D eigenvalue weighted by Gasteiger charge is -2.35. The van der Waals surface area contributed by atoms with Crippen LogP contribution in [0.4, 0.5) is 5.95 Å². The zero-order valence-electron chi connectivity index (χ0n) is 17.8. The molecular formula is C22H28N6O2. The zero-order valence-corrected chi connectivity index (χ0v) is 17.8. The minimum absolute atomic E-state index is 0.479. The summed E-state index contributed by atoms with van der Waals surface area (Å²) < 4.78 is 13.3. The van der Waals surface area contributed by atoms with Crippen LogP contribution in [-0.4, -0.2) is 57.9 Å². The molecule has 0 N–H and O–H groups in total. The van der Waals surface area contributed by atoms with Gasteiger partial charge in [0, 0.05) is 51.5 Å². The van der Waals surface area contributed by atoms with Crippen LogP contribution in [0.15, 0.2) is 42.6 Å². The molecule has 2 aromatic heterocycles. The molecule has 0 spiro atoms. The molecule has 1 fully saturated rings. The molecule has 3 heterocycles. The number of aromatic nitrogens is 4. The SMILES string of the molecule is COc1ccc(COc2ncccc2CN2CCN(c3nnc(C)n3C)CC2)cc1. The van der Waals surface area contributed by atoms with Crippen molar-refractivity contribution < 1.29 is 9.47 Å². The van der Waals surface area contributed by atoms with Gasteiger partial charge in [0.15, 0.2) is 0 Å². The Morgan fingerprint density at radius 1 is 1.00 bits per heavy atom. The Morgan fingerprint density at radius 3 is 2.43 bits per heavy atom. The number of hydrogen-bond donors (Lipinski definition) is 0. The van der Waals surface area contributed by atoms with E-state index < -0.39 is 0 Å². The van der Waals surface area contributed by atoms with Crippen LogP contribution >= 0.6 is 0 Å². The van der Waals surface area contributed by atoms with Crippen molar-refractivity contribution in [2.75, 3.05) is 38.2 Å². The van der Waals surface area contributed by atoms with Crippen LogP contribution in [0, 0.1) is 6.92 Å². The van der Waals surface area contributed by atoms with Crippen LogP contribution in [0.5, 0.6) is 11.6 Å². The van der Waals surface area contributed by atoms with Gasteiger partial charge in [-0.2, -0.15) is 0 Å². The summed E-state index contributed by atoms with van der Waals surface area (Å²) in [5.74, 6) is 3.41. The van der Waals surface area contributed by atoms with Crippen molar-refractivity contribution in [3.05, 3.63) is 59.5 Å². The maximum atomic E-state index is 6.04. The molecule has 1 aliphatic heterocycles. The second-order valence-corrected chi connectivity index (χ2v) is 7.47. The highest BCUT2D eigenvalue weighted by Gasteiger charge is 2.22. The van der Waals surface area contributed by atoms with Crippen LogP contribution in [-0.2, 0) is 20.2 Å². The molecule has 1 saturated heterocycles. The van der Waals surface area contributed by atoms with Crippen molar-refractivity contribution in [3.8, 4) is 11.6 Å². The molecule has 8 heteroatoms. The van der Waals surface area contributed by atoms with Gasteiger partial charge >= 0.3 is 0 Å². The van der Waals surface area contributed by atoms with E-state index in [1.165, 1.54) is 0 Å². The van der Waals surface area contributed by atoms with E-state index in [4.69, 9.17) is 9.47 Å². The average molecular weight is 409 g/mol. The van der Waals surface area contributed by atoms with E-state index in [-0.39, 0.29) is 0 Å². The zero-order chi connectivity index (χ0) is 20.9. The van der Waals surface area contributed by atoms with Crippen molar-refractivity contribution >= 4 is 5.95 Å². The fourth-order valence-corrected chi connectivity index (χ4v) is 3.57. The largest absolute Gasteiger partial charge is 0.497 e. The minimum Gasteiger partial charge on any atom is -0.497 e. The van der Waals surface area contributed by atoms with Gasteiger partial charge in [0.25, 0.3) is 0 Å². The van der Waals surface area contributed by atoms with Crippen LogP contribution in [0.25, 0.3) is 0 Å². The van der Waals surface area contributed by atoms with Gasteiger partial charge in [-0.15, -0.1) is 10.2 Å². The van der Waals surface area contributed by atoms with Gasteiger partial charge in [-0.3, -0.25) is 4.90 Å². The number of aryl methyl sites for hydroxylation is 1. The van der Waals surface area contributed by atoms with Gasteiger partial charge < -0.3 is 18.9 Å². The number of piperazine rings is 1. The molecule has 0 aliphatic carbocycles. The summed E-state index contributed by atoms with van der Waals surface area (Å²) in [5, 5.41) is 8.48. The Bertz CT molecular complexity index is 964. The summed E-state index contributed by atoms with van der Waals surface area (Å²) in [7, 11) is 3.68. The van der Waals surface area contributed by atoms with Gasteiger partial charge in [-0.1, -0.05) is 18.2 Å². The fraction of sp³-hybridized carbons (Fsp3) is 0.409. The Labute approximate surface area is 177 Å². The average Bonchev–Trinajstić information content (AvgIpc) is 3.12. The highest BCUT2D eigenvalue weighted by Crippen LogP contribution is 2.21. The molecule has 0 radical (unpaired) electrons. The van der Waals surface area contributed by atoms with Gasteiger partial charge in [0.05, 0.1) is 7.11 Å². The Morgan fingerprint density at radius 2 is 1.77 bits per heavy atom. The van der Waals surface area contributed by atoms with E-state index in [1.54, 1.807) is 13.3 Å². The maximum absolute atomic E-state index is 6.04. The molecule has 0 unspecified atom stereocenters. The van der Waals surface area contributed by atoms with Gasteiger partial charge in [-0.05, 0) is 30.7 Å². The van der Waals surface area contributed by atoms with E-state index in [0.29, 0.717) is 12.5 Å². The highest BCUT2D eigenvalue weighted by atomic mass is 16.5. The first-order chi connectivity index (χ1) is 14.6. The predicted molar refractivity (Wildman–Crippen MR) is 115 cm³/mol. The van der Waals surface area contributed by atoms with Gasteiger partial charge in [-0.25, -0.2) is 4.98 Å². The first-order valence-corrected chi connectivity index (χ1v) is 10.2. The number of rotatable bonds is 7. The quantitative estimate of drug-likeness (QED) is 0.595. The van der Waals surface area contributed by atoms with Crippen LogP contribution in [0.2, 0.25) is 0 Å².